The third-order valence-corrected chi connectivity index (χ3v) is 2.17. The van der Waals surface area contributed by atoms with Crippen LogP contribution in [0.2, 0.25) is 0 Å². The number of carboxylic acids is 1. The average molecular weight is 241 g/mol. The van der Waals surface area contributed by atoms with E-state index in [4.69, 9.17) is 15.6 Å². The van der Waals surface area contributed by atoms with E-state index in [-0.39, 0.29) is 17.7 Å². The van der Waals surface area contributed by atoms with Gasteiger partial charge in [0.1, 0.15) is 5.82 Å². The van der Waals surface area contributed by atoms with Gasteiger partial charge in [0.25, 0.3) is 0 Å². The van der Waals surface area contributed by atoms with Crippen LogP contribution in [0.25, 0.3) is 0 Å². The number of primary amides is 1. The number of carbonyl (C=O) groups excluding carboxylic acids is 1. The van der Waals surface area contributed by atoms with Gasteiger partial charge < -0.3 is 15.6 Å². The highest BCUT2D eigenvalue weighted by Gasteiger charge is 2.13. The van der Waals surface area contributed by atoms with Gasteiger partial charge in [0.15, 0.2) is 6.10 Å². The number of halogens is 1. The Labute approximate surface area is 97.0 Å². The molecule has 0 saturated heterocycles. The van der Waals surface area contributed by atoms with Gasteiger partial charge in [-0.3, -0.25) is 4.79 Å². The first-order valence-electron chi connectivity index (χ1n) is 4.84. The molecule has 0 aliphatic rings. The van der Waals surface area contributed by atoms with Crippen LogP contribution < -0.4 is 5.73 Å². The first kappa shape index (κ1) is 13.1. The number of nitrogens with two attached hydrogens (primary N) is 1. The first-order valence-corrected chi connectivity index (χ1v) is 4.84. The van der Waals surface area contributed by atoms with Crippen molar-refractivity contribution in [2.24, 2.45) is 5.73 Å². The lowest BCUT2D eigenvalue weighted by Gasteiger charge is -2.09. The fraction of sp³-hybridized carbons (Fsp3) is 0.273. The molecule has 5 nitrogen and oxygen atoms in total. The second kappa shape index (κ2) is 5.40. The molecule has 0 bridgehead atoms. The summed E-state index contributed by atoms with van der Waals surface area (Å²) in [7, 11) is 0. The lowest BCUT2D eigenvalue weighted by atomic mass is 10.1. The molecule has 1 aromatic rings. The molecule has 17 heavy (non-hydrogen) atoms. The number of amides is 1. The molecule has 0 aliphatic carbocycles. The summed E-state index contributed by atoms with van der Waals surface area (Å²) >= 11 is 0. The maximum absolute atomic E-state index is 13.4. The van der Waals surface area contributed by atoms with Gasteiger partial charge in [0.05, 0.1) is 6.61 Å². The SMILES string of the molecule is C[C@@H](OCc1ccc(C(N)=O)cc1F)C(=O)O. The predicted octanol–water partition coefficient (Wildman–Crippen LogP) is 0.914. The lowest BCUT2D eigenvalue weighted by Crippen LogP contribution is -2.20. The van der Waals surface area contributed by atoms with E-state index in [9.17, 15) is 14.0 Å². The maximum atomic E-state index is 13.4. The summed E-state index contributed by atoms with van der Waals surface area (Å²) in [5, 5.41) is 8.57. The molecule has 1 rings (SSSR count). The molecule has 6 heteroatoms. The molecule has 92 valence electrons. The summed E-state index contributed by atoms with van der Waals surface area (Å²) in [6.07, 6.45) is -1.02. The zero-order valence-corrected chi connectivity index (χ0v) is 9.14. The number of hydrogen-bond donors (Lipinski definition) is 2. The molecule has 0 saturated carbocycles. The number of aliphatic carboxylic acids is 1. The zero-order chi connectivity index (χ0) is 13.0. The Hall–Kier alpha value is -1.95. The van der Waals surface area contributed by atoms with Crippen LogP contribution in [-0.4, -0.2) is 23.1 Å². The monoisotopic (exact) mass is 241 g/mol. The van der Waals surface area contributed by atoms with Crippen molar-refractivity contribution < 1.29 is 23.8 Å². The highest BCUT2D eigenvalue weighted by atomic mass is 19.1. The van der Waals surface area contributed by atoms with Crippen molar-refractivity contribution in [1.82, 2.24) is 0 Å². The molecule has 1 amide bonds. The predicted molar refractivity (Wildman–Crippen MR) is 56.8 cm³/mol. The number of carbonyl (C=O) groups is 2. The smallest absolute Gasteiger partial charge is 0.332 e. The summed E-state index contributed by atoms with van der Waals surface area (Å²) in [6, 6.07) is 3.69. The van der Waals surface area contributed by atoms with Crippen LogP contribution in [0.4, 0.5) is 4.39 Å². The van der Waals surface area contributed by atoms with E-state index in [0.717, 1.165) is 6.07 Å². The van der Waals surface area contributed by atoms with Gasteiger partial charge in [-0.15, -0.1) is 0 Å². The number of ether oxygens (including phenoxy) is 1. The minimum atomic E-state index is -1.13. The molecule has 0 radical (unpaired) electrons. The van der Waals surface area contributed by atoms with Crippen molar-refractivity contribution in [3.05, 3.63) is 35.1 Å². The molecule has 0 heterocycles. The van der Waals surface area contributed by atoms with Crippen molar-refractivity contribution in [1.29, 1.82) is 0 Å². The van der Waals surface area contributed by atoms with E-state index < -0.39 is 23.8 Å². The van der Waals surface area contributed by atoms with Crippen LogP contribution in [0.3, 0.4) is 0 Å². The highest BCUT2D eigenvalue weighted by molar-refractivity contribution is 5.92. The lowest BCUT2D eigenvalue weighted by molar-refractivity contribution is -0.149. The Morgan fingerprint density at radius 1 is 1.53 bits per heavy atom. The zero-order valence-electron chi connectivity index (χ0n) is 9.14. The van der Waals surface area contributed by atoms with Crippen LogP contribution in [0.1, 0.15) is 22.8 Å². The molecule has 3 N–H and O–H groups in total. The van der Waals surface area contributed by atoms with Crippen molar-refractivity contribution in [3.8, 4) is 0 Å². The van der Waals surface area contributed by atoms with Crippen LogP contribution in [0.15, 0.2) is 18.2 Å². The standard InChI is InChI=1S/C11H12FNO4/c1-6(11(15)16)17-5-8-3-2-7(10(13)14)4-9(8)12/h2-4,6H,5H2,1H3,(H2,13,14)(H,15,16)/t6-/m1/s1. The third kappa shape index (κ3) is 3.53. The number of carboxylic acid groups (broad SMARTS) is 1. The summed E-state index contributed by atoms with van der Waals surface area (Å²) < 4.78 is 18.3. The minimum Gasteiger partial charge on any atom is -0.479 e. The topological polar surface area (TPSA) is 89.6 Å². The Morgan fingerprint density at radius 3 is 2.65 bits per heavy atom. The summed E-state index contributed by atoms with van der Waals surface area (Å²) in [4.78, 5) is 21.2. The molecule has 0 unspecified atom stereocenters. The van der Waals surface area contributed by atoms with Gasteiger partial charge in [-0.2, -0.15) is 0 Å². The number of hydrogen-bond acceptors (Lipinski definition) is 3. The molecule has 0 aliphatic heterocycles. The van der Waals surface area contributed by atoms with Gasteiger partial charge in [0, 0.05) is 11.1 Å². The molecule has 0 fully saturated rings. The minimum absolute atomic E-state index is 0.0533. The van der Waals surface area contributed by atoms with Crippen LogP contribution in [0.5, 0.6) is 0 Å². The number of rotatable bonds is 5. The fourth-order valence-corrected chi connectivity index (χ4v) is 1.10. The normalized spacial score (nSPS) is 12.1. The Balaban J connectivity index is 2.73. The van der Waals surface area contributed by atoms with Crippen molar-refractivity contribution >= 4 is 11.9 Å². The van der Waals surface area contributed by atoms with Crippen LogP contribution in [-0.2, 0) is 16.1 Å². The molecule has 0 spiro atoms. The van der Waals surface area contributed by atoms with Crippen molar-refractivity contribution in [3.63, 3.8) is 0 Å². The highest BCUT2D eigenvalue weighted by Crippen LogP contribution is 2.12. The molecule has 0 aromatic heterocycles. The van der Waals surface area contributed by atoms with E-state index >= 15 is 0 Å². The number of benzene rings is 1. The van der Waals surface area contributed by atoms with Gasteiger partial charge in [0.2, 0.25) is 5.91 Å². The Morgan fingerprint density at radius 2 is 2.18 bits per heavy atom. The second-order valence-electron chi connectivity index (χ2n) is 3.46. The molecule has 1 aromatic carbocycles. The first-order chi connectivity index (χ1) is 7.91. The van der Waals surface area contributed by atoms with Crippen molar-refractivity contribution in [2.75, 3.05) is 0 Å². The molecular formula is C11H12FNO4. The Kier molecular flexibility index (Phi) is 4.17. The van der Waals surface area contributed by atoms with Crippen LogP contribution in [0, 0.1) is 5.82 Å². The van der Waals surface area contributed by atoms with Gasteiger partial charge in [-0.25, -0.2) is 9.18 Å². The van der Waals surface area contributed by atoms with E-state index in [1.54, 1.807) is 0 Å². The average Bonchev–Trinajstić information content (AvgIpc) is 2.26. The van der Waals surface area contributed by atoms with Crippen LogP contribution >= 0.6 is 0 Å². The van der Waals surface area contributed by atoms with E-state index in [1.807, 2.05) is 0 Å². The van der Waals surface area contributed by atoms with Gasteiger partial charge in [-0.1, -0.05) is 6.07 Å². The van der Waals surface area contributed by atoms with Gasteiger partial charge in [-0.05, 0) is 19.1 Å². The quantitative estimate of drug-likeness (QED) is 0.801. The largest absolute Gasteiger partial charge is 0.479 e. The fourth-order valence-electron chi connectivity index (χ4n) is 1.10. The van der Waals surface area contributed by atoms with E-state index in [0.29, 0.717) is 0 Å². The summed E-state index contributed by atoms with van der Waals surface area (Å²) in [5.74, 6) is -2.51. The van der Waals surface area contributed by atoms with Gasteiger partial charge >= 0.3 is 5.97 Å². The summed E-state index contributed by atoms with van der Waals surface area (Å²) in [5.41, 5.74) is 5.20. The summed E-state index contributed by atoms with van der Waals surface area (Å²) in [6.45, 7) is 1.16. The molecule has 1 atom stereocenters. The second-order valence-corrected chi connectivity index (χ2v) is 3.46. The maximum Gasteiger partial charge on any atom is 0.332 e. The molecular weight excluding hydrogens is 229 g/mol. The third-order valence-electron chi connectivity index (χ3n) is 2.17. The van der Waals surface area contributed by atoms with E-state index in [1.165, 1.54) is 19.1 Å². The van der Waals surface area contributed by atoms with Crippen molar-refractivity contribution in [2.45, 2.75) is 19.6 Å². The van der Waals surface area contributed by atoms with E-state index in [2.05, 4.69) is 0 Å². The Bertz CT molecular complexity index is 447.